The summed E-state index contributed by atoms with van der Waals surface area (Å²) in [6, 6.07) is 3.45. The Hall–Kier alpha value is -2.79. The van der Waals surface area contributed by atoms with Crippen LogP contribution in [0, 0.1) is 6.92 Å². The van der Waals surface area contributed by atoms with Crippen LogP contribution in [0.25, 0.3) is 21.5 Å². The van der Waals surface area contributed by atoms with Gasteiger partial charge in [0.15, 0.2) is 5.01 Å². The predicted molar refractivity (Wildman–Crippen MR) is 111 cm³/mol. The molecule has 158 valence electrons. The number of carbonyl (C=O) groups excluding carboxylic acids is 1. The number of nitrogens with zero attached hydrogens (tertiary/aromatic N) is 5. The first-order valence-electron chi connectivity index (χ1n) is 9.61. The predicted octanol–water partition coefficient (Wildman–Crippen LogP) is 3.31. The van der Waals surface area contributed by atoms with E-state index >= 15 is 0 Å². The highest BCUT2D eigenvalue weighted by Crippen LogP contribution is 2.25. The Morgan fingerprint density at radius 3 is 2.67 bits per heavy atom. The number of amides is 2. The zero-order chi connectivity index (χ0) is 21.1. The van der Waals surface area contributed by atoms with E-state index in [1.54, 1.807) is 23.4 Å². The molecule has 4 rings (SSSR count). The van der Waals surface area contributed by atoms with Crippen LogP contribution in [0.4, 0.5) is 19.4 Å². The lowest BCUT2D eigenvalue weighted by atomic mass is 10.1. The highest BCUT2D eigenvalue weighted by Gasteiger charge is 2.23. The first kappa shape index (κ1) is 20.5. The van der Waals surface area contributed by atoms with Gasteiger partial charge in [-0.2, -0.15) is 0 Å². The maximum absolute atomic E-state index is 12.6. The first-order valence-corrected chi connectivity index (χ1v) is 10.4. The van der Waals surface area contributed by atoms with Crippen LogP contribution in [0.2, 0.25) is 0 Å². The average molecular weight is 433 g/mol. The minimum Gasteiger partial charge on any atom is -0.324 e. The van der Waals surface area contributed by atoms with Crippen molar-refractivity contribution in [2.24, 2.45) is 0 Å². The van der Waals surface area contributed by atoms with Crippen LogP contribution < -0.4 is 10.6 Å². The monoisotopic (exact) mass is 433 g/mol. The number of halogens is 2. The van der Waals surface area contributed by atoms with E-state index < -0.39 is 6.43 Å². The molecule has 0 spiro atoms. The number of alkyl halides is 2. The number of likely N-dealkylation sites (tertiary alicyclic amines) is 1. The number of aryl methyl sites for hydroxylation is 1. The largest absolute Gasteiger partial charge is 0.324 e. The molecule has 0 unspecified atom stereocenters. The highest BCUT2D eigenvalue weighted by molar-refractivity contribution is 7.14. The third-order valence-corrected chi connectivity index (χ3v) is 5.79. The number of fused-ring (bicyclic) bond motifs is 1. The Morgan fingerprint density at radius 2 is 1.97 bits per heavy atom. The van der Waals surface area contributed by atoms with E-state index in [0.29, 0.717) is 31.7 Å². The van der Waals surface area contributed by atoms with Crippen molar-refractivity contribution in [2.45, 2.75) is 32.2 Å². The standard InChI is InChI=1S/C19H21F2N7OS/c1-11-26-27-18(30-11)15-6-12-7-17(24-9-13(12)8-23-15)25-19(29)28-4-2-14(3-5-28)22-10-16(20)21/h6-9,14,16,22H,2-5,10H2,1H3,(H,24,25,29). The second kappa shape index (κ2) is 8.92. The van der Waals surface area contributed by atoms with Crippen molar-refractivity contribution < 1.29 is 13.6 Å². The van der Waals surface area contributed by atoms with Crippen molar-refractivity contribution in [3.05, 3.63) is 29.5 Å². The number of hydrogen-bond donors (Lipinski definition) is 2. The summed E-state index contributed by atoms with van der Waals surface area (Å²) >= 11 is 1.46. The zero-order valence-electron chi connectivity index (χ0n) is 16.3. The number of carbonyl (C=O) groups is 1. The van der Waals surface area contributed by atoms with Crippen molar-refractivity contribution in [3.8, 4) is 10.7 Å². The van der Waals surface area contributed by atoms with Gasteiger partial charge in [0.05, 0.1) is 6.54 Å². The quantitative estimate of drug-likeness (QED) is 0.641. The normalized spacial score (nSPS) is 15.1. The molecule has 0 atom stereocenters. The topological polar surface area (TPSA) is 95.9 Å². The molecule has 1 aliphatic rings. The molecule has 30 heavy (non-hydrogen) atoms. The molecule has 4 heterocycles. The van der Waals surface area contributed by atoms with Crippen LogP contribution >= 0.6 is 11.3 Å². The van der Waals surface area contributed by atoms with Gasteiger partial charge in [-0.1, -0.05) is 11.3 Å². The molecule has 2 amide bonds. The molecule has 3 aromatic rings. The number of nitrogens with one attached hydrogen (secondary N) is 2. The first-order chi connectivity index (χ1) is 14.5. The number of hydrogen-bond acceptors (Lipinski definition) is 7. The smallest absolute Gasteiger partial charge is 0.323 e. The maximum Gasteiger partial charge on any atom is 0.323 e. The summed E-state index contributed by atoms with van der Waals surface area (Å²) in [5.41, 5.74) is 0.718. The number of aromatic nitrogens is 4. The summed E-state index contributed by atoms with van der Waals surface area (Å²) < 4.78 is 24.6. The van der Waals surface area contributed by atoms with Crippen LogP contribution in [0.1, 0.15) is 17.8 Å². The molecular formula is C19H21F2N7OS. The van der Waals surface area contributed by atoms with Gasteiger partial charge >= 0.3 is 6.03 Å². The Bertz CT molecular complexity index is 1040. The van der Waals surface area contributed by atoms with Crippen LogP contribution in [0.5, 0.6) is 0 Å². The van der Waals surface area contributed by atoms with Gasteiger partial charge in [0.25, 0.3) is 6.43 Å². The van der Waals surface area contributed by atoms with Crippen LogP contribution in [-0.2, 0) is 0 Å². The fourth-order valence-corrected chi connectivity index (χ4v) is 4.01. The highest BCUT2D eigenvalue weighted by atomic mass is 32.1. The Morgan fingerprint density at radius 1 is 1.20 bits per heavy atom. The number of piperidine rings is 1. The van der Waals surface area contributed by atoms with Crippen LogP contribution in [0.3, 0.4) is 0 Å². The number of rotatable bonds is 5. The van der Waals surface area contributed by atoms with Gasteiger partial charge in [-0.05, 0) is 37.3 Å². The zero-order valence-corrected chi connectivity index (χ0v) is 17.1. The summed E-state index contributed by atoms with van der Waals surface area (Å²) in [5.74, 6) is 0.441. The molecule has 3 aromatic heterocycles. The molecule has 1 fully saturated rings. The molecule has 1 saturated heterocycles. The number of anilines is 1. The minimum atomic E-state index is -2.36. The average Bonchev–Trinajstić information content (AvgIpc) is 3.18. The lowest BCUT2D eigenvalue weighted by Gasteiger charge is -2.32. The van der Waals surface area contributed by atoms with E-state index in [1.807, 2.05) is 13.0 Å². The third kappa shape index (κ3) is 4.85. The Labute approximate surface area is 175 Å². The number of urea groups is 1. The van der Waals surface area contributed by atoms with Crippen LogP contribution in [-0.4, -0.2) is 63.2 Å². The van der Waals surface area contributed by atoms with Gasteiger partial charge in [0, 0.05) is 36.9 Å². The molecule has 2 N–H and O–H groups in total. The van der Waals surface area contributed by atoms with Gasteiger partial charge in [-0.25, -0.2) is 18.6 Å². The molecule has 0 radical (unpaired) electrons. The van der Waals surface area contributed by atoms with Crippen molar-refractivity contribution in [3.63, 3.8) is 0 Å². The van der Waals surface area contributed by atoms with E-state index in [2.05, 4.69) is 30.8 Å². The second-order valence-corrected chi connectivity index (χ2v) is 8.28. The molecule has 1 aliphatic heterocycles. The molecular weight excluding hydrogens is 412 g/mol. The van der Waals surface area contributed by atoms with E-state index in [-0.39, 0.29) is 18.6 Å². The molecule has 0 aliphatic carbocycles. The van der Waals surface area contributed by atoms with Crippen LogP contribution in [0.15, 0.2) is 24.5 Å². The molecule has 8 nitrogen and oxygen atoms in total. The summed E-state index contributed by atoms with van der Waals surface area (Å²) in [6.45, 7) is 2.58. The lowest BCUT2D eigenvalue weighted by molar-refractivity contribution is 0.132. The van der Waals surface area contributed by atoms with Gasteiger partial charge in [0.2, 0.25) is 0 Å². The summed E-state index contributed by atoms with van der Waals surface area (Å²) in [5, 5.41) is 17.1. The van der Waals surface area contributed by atoms with E-state index in [9.17, 15) is 13.6 Å². The van der Waals surface area contributed by atoms with Crippen molar-refractivity contribution >= 4 is 34.0 Å². The van der Waals surface area contributed by atoms with E-state index in [4.69, 9.17) is 0 Å². The van der Waals surface area contributed by atoms with Crippen molar-refractivity contribution in [1.29, 1.82) is 0 Å². The second-order valence-electron chi connectivity index (χ2n) is 7.10. The van der Waals surface area contributed by atoms with Gasteiger partial charge in [0.1, 0.15) is 16.5 Å². The summed E-state index contributed by atoms with van der Waals surface area (Å²) in [4.78, 5) is 22.9. The van der Waals surface area contributed by atoms with Gasteiger partial charge in [-0.15, -0.1) is 10.2 Å². The lowest BCUT2D eigenvalue weighted by Crippen LogP contribution is -2.47. The molecule has 11 heteroatoms. The van der Waals surface area contributed by atoms with E-state index in [0.717, 1.165) is 26.5 Å². The SMILES string of the molecule is Cc1nnc(-c2cc3cc(NC(=O)N4CCC(NCC(F)F)CC4)ncc3cn2)s1. The van der Waals surface area contributed by atoms with Gasteiger partial charge < -0.3 is 10.2 Å². The van der Waals surface area contributed by atoms with Crippen molar-refractivity contribution in [1.82, 2.24) is 30.4 Å². The molecule has 0 aromatic carbocycles. The minimum absolute atomic E-state index is 0.0109. The number of pyridine rings is 2. The Kier molecular flexibility index (Phi) is 6.09. The fraction of sp³-hybridized carbons (Fsp3) is 0.421. The molecule has 0 saturated carbocycles. The molecule has 0 bridgehead atoms. The summed E-state index contributed by atoms with van der Waals surface area (Å²) in [7, 11) is 0. The maximum atomic E-state index is 12.6. The Balaban J connectivity index is 1.40. The van der Waals surface area contributed by atoms with Crippen molar-refractivity contribution in [2.75, 3.05) is 25.0 Å². The summed E-state index contributed by atoms with van der Waals surface area (Å²) in [6.07, 6.45) is 2.30. The van der Waals surface area contributed by atoms with Gasteiger partial charge in [-0.3, -0.25) is 10.3 Å². The van der Waals surface area contributed by atoms with E-state index in [1.165, 1.54) is 11.3 Å². The fourth-order valence-electron chi connectivity index (χ4n) is 3.35. The third-order valence-electron chi connectivity index (χ3n) is 4.93.